The molecule has 1 aliphatic rings. The summed E-state index contributed by atoms with van der Waals surface area (Å²) < 4.78 is 19.0. The van der Waals surface area contributed by atoms with Crippen molar-refractivity contribution in [1.29, 1.82) is 0 Å². The average molecular weight is 209 g/mol. The van der Waals surface area contributed by atoms with E-state index in [-0.39, 0.29) is 5.82 Å². The number of fused-ring (bicyclic) bond motifs is 1. The van der Waals surface area contributed by atoms with E-state index in [2.05, 4.69) is 0 Å². The van der Waals surface area contributed by atoms with Crippen molar-refractivity contribution in [3.8, 4) is 5.75 Å². The molecule has 0 radical (unpaired) electrons. The Bertz CT molecular complexity index is 352. The third-order valence-corrected chi connectivity index (χ3v) is 2.79. The van der Waals surface area contributed by atoms with E-state index in [0.29, 0.717) is 13.2 Å². The predicted molar refractivity (Wildman–Crippen MR) is 57.6 cm³/mol. The van der Waals surface area contributed by atoms with Gasteiger partial charge in [0.15, 0.2) is 0 Å². The van der Waals surface area contributed by atoms with Crippen molar-refractivity contribution in [3.05, 3.63) is 29.1 Å². The van der Waals surface area contributed by atoms with Gasteiger partial charge in [0.1, 0.15) is 11.6 Å². The summed E-state index contributed by atoms with van der Waals surface area (Å²) in [5, 5.41) is 0. The van der Waals surface area contributed by atoms with Gasteiger partial charge in [0.25, 0.3) is 0 Å². The first-order chi connectivity index (χ1) is 7.33. The lowest BCUT2D eigenvalue weighted by Gasteiger charge is -2.10. The second kappa shape index (κ2) is 4.62. The second-order valence-electron chi connectivity index (χ2n) is 3.85. The highest BCUT2D eigenvalue weighted by molar-refractivity contribution is 5.43. The Hall–Kier alpha value is -1.09. The summed E-state index contributed by atoms with van der Waals surface area (Å²) >= 11 is 0. The van der Waals surface area contributed by atoms with Crippen LogP contribution in [-0.4, -0.2) is 13.2 Å². The minimum atomic E-state index is -0.0892. The molecule has 0 aliphatic heterocycles. The van der Waals surface area contributed by atoms with Crippen LogP contribution < -0.4 is 10.5 Å². The molecule has 0 unspecified atom stereocenters. The van der Waals surface area contributed by atoms with E-state index in [1.54, 1.807) is 6.07 Å². The molecule has 15 heavy (non-hydrogen) atoms. The maximum Gasteiger partial charge on any atom is 0.126 e. The van der Waals surface area contributed by atoms with Crippen LogP contribution in [0.15, 0.2) is 12.1 Å². The van der Waals surface area contributed by atoms with E-state index in [0.717, 1.165) is 42.6 Å². The van der Waals surface area contributed by atoms with Gasteiger partial charge in [0.05, 0.1) is 6.61 Å². The molecule has 1 aliphatic carbocycles. The van der Waals surface area contributed by atoms with Gasteiger partial charge in [-0.05, 0) is 49.9 Å². The zero-order valence-corrected chi connectivity index (χ0v) is 8.76. The Labute approximate surface area is 89.2 Å². The average Bonchev–Trinajstić information content (AvgIpc) is 2.71. The normalized spacial score (nSPS) is 14.0. The minimum absolute atomic E-state index is 0.0892. The number of nitrogens with two attached hydrogens (primary N) is 1. The molecule has 0 heterocycles. The van der Waals surface area contributed by atoms with Crippen molar-refractivity contribution in [2.24, 2.45) is 5.73 Å². The summed E-state index contributed by atoms with van der Waals surface area (Å²) in [7, 11) is 0. The first-order valence-corrected chi connectivity index (χ1v) is 5.46. The zero-order chi connectivity index (χ0) is 10.7. The molecular weight excluding hydrogens is 193 g/mol. The van der Waals surface area contributed by atoms with Gasteiger partial charge in [-0.2, -0.15) is 0 Å². The van der Waals surface area contributed by atoms with E-state index in [4.69, 9.17) is 10.5 Å². The fourth-order valence-electron chi connectivity index (χ4n) is 2.03. The van der Waals surface area contributed by atoms with Crippen LogP contribution in [-0.2, 0) is 12.8 Å². The molecule has 0 fully saturated rings. The lowest BCUT2D eigenvalue weighted by Crippen LogP contribution is -2.07. The Kier molecular flexibility index (Phi) is 3.21. The predicted octanol–water partition coefficient (Wildman–Crippen LogP) is 2.04. The number of hydrogen-bond donors (Lipinski definition) is 1. The molecule has 1 aromatic rings. The number of halogens is 1. The van der Waals surface area contributed by atoms with Crippen LogP contribution >= 0.6 is 0 Å². The van der Waals surface area contributed by atoms with Crippen LogP contribution in [0.4, 0.5) is 4.39 Å². The molecule has 2 rings (SSSR count). The largest absolute Gasteiger partial charge is 0.493 e. The molecule has 2 N–H and O–H groups in total. The molecule has 82 valence electrons. The van der Waals surface area contributed by atoms with E-state index in [1.807, 2.05) is 0 Å². The van der Waals surface area contributed by atoms with Crippen molar-refractivity contribution < 1.29 is 9.13 Å². The van der Waals surface area contributed by atoms with Gasteiger partial charge in [-0.3, -0.25) is 0 Å². The van der Waals surface area contributed by atoms with Gasteiger partial charge < -0.3 is 10.5 Å². The molecule has 0 spiro atoms. The van der Waals surface area contributed by atoms with Crippen molar-refractivity contribution >= 4 is 0 Å². The fourth-order valence-corrected chi connectivity index (χ4v) is 2.03. The van der Waals surface area contributed by atoms with E-state index >= 15 is 0 Å². The maximum atomic E-state index is 13.4. The number of ether oxygens (including phenoxy) is 1. The van der Waals surface area contributed by atoms with Crippen LogP contribution in [0, 0.1) is 5.82 Å². The summed E-state index contributed by atoms with van der Waals surface area (Å²) in [4.78, 5) is 0. The topological polar surface area (TPSA) is 35.2 Å². The Balaban J connectivity index is 2.15. The van der Waals surface area contributed by atoms with Crippen LogP contribution in [0.3, 0.4) is 0 Å². The third kappa shape index (κ3) is 2.12. The lowest BCUT2D eigenvalue weighted by atomic mass is 10.1. The molecule has 2 nitrogen and oxygen atoms in total. The molecule has 0 atom stereocenters. The van der Waals surface area contributed by atoms with Crippen LogP contribution in [0.25, 0.3) is 0 Å². The Morgan fingerprint density at radius 3 is 2.87 bits per heavy atom. The molecule has 0 saturated carbocycles. The molecule has 0 bridgehead atoms. The Morgan fingerprint density at radius 2 is 2.07 bits per heavy atom. The molecule has 3 heteroatoms. The smallest absolute Gasteiger partial charge is 0.126 e. The zero-order valence-electron chi connectivity index (χ0n) is 8.76. The van der Waals surface area contributed by atoms with Crippen LogP contribution in [0.1, 0.15) is 24.0 Å². The minimum Gasteiger partial charge on any atom is -0.493 e. The number of hydrogen-bond acceptors (Lipinski definition) is 2. The second-order valence-corrected chi connectivity index (χ2v) is 3.85. The van der Waals surface area contributed by atoms with Crippen molar-refractivity contribution in [1.82, 2.24) is 0 Å². The van der Waals surface area contributed by atoms with Crippen molar-refractivity contribution in [2.45, 2.75) is 25.7 Å². The van der Waals surface area contributed by atoms with Gasteiger partial charge in [-0.15, -0.1) is 0 Å². The SMILES string of the molecule is NCCCOc1ccc(F)c2c1CCC2. The molecule has 0 amide bonds. The van der Waals surface area contributed by atoms with E-state index in [1.165, 1.54) is 6.07 Å². The highest BCUT2D eigenvalue weighted by Gasteiger charge is 2.19. The first-order valence-electron chi connectivity index (χ1n) is 5.46. The van der Waals surface area contributed by atoms with Gasteiger partial charge in [0, 0.05) is 5.56 Å². The fraction of sp³-hybridized carbons (Fsp3) is 0.500. The highest BCUT2D eigenvalue weighted by atomic mass is 19.1. The van der Waals surface area contributed by atoms with Gasteiger partial charge in [0.2, 0.25) is 0 Å². The van der Waals surface area contributed by atoms with E-state index in [9.17, 15) is 4.39 Å². The maximum absolute atomic E-state index is 13.4. The highest BCUT2D eigenvalue weighted by Crippen LogP contribution is 2.32. The monoisotopic (exact) mass is 209 g/mol. The Morgan fingerprint density at radius 1 is 1.27 bits per heavy atom. The molecule has 0 aromatic heterocycles. The van der Waals surface area contributed by atoms with Gasteiger partial charge >= 0.3 is 0 Å². The molecular formula is C12H16FNO. The lowest BCUT2D eigenvalue weighted by molar-refractivity contribution is 0.310. The number of rotatable bonds is 4. The third-order valence-electron chi connectivity index (χ3n) is 2.79. The van der Waals surface area contributed by atoms with Crippen molar-refractivity contribution in [2.75, 3.05) is 13.2 Å². The standard InChI is InChI=1S/C12H16FNO/c13-11-5-6-12(15-8-2-7-14)10-4-1-3-9(10)11/h5-6H,1-4,7-8,14H2. The van der Waals surface area contributed by atoms with E-state index < -0.39 is 0 Å². The van der Waals surface area contributed by atoms with Crippen LogP contribution in [0.5, 0.6) is 5.75 Å². The molecule has 1 aromatic carbocycles. The quantitative estimate of drug-likeness (QED) is 0.770. The van der Waals surface area contributed by atoms with Crippen molar-refractivity contribution in [3.63, 3.8) is 0 Å². The summed E-state index contributed by atoms with van der Waals surface area (Å²) in [6, 6.07) is 3.23. The summed E-state index contributed by atoms with van der Waals surface area (Å²) in [5.74, 6) is 0.756. The summed E-state index contributed by atoms with van der Waals surface area (Å²) in [6.07, 6.45) is 3.65. The van der Waals surface area contributed by atoms with Gasteiger partial charge in [-0.1, -0.05) is 0 Å². The summed E-state index contributed by atoms with van der Waals surface area (Å²) in [5.41, 5.74) is 7.30. The van der Waals surface area contributed by atoms with Gasteiger partial charge in [-0.25, -0.2) is 4.39 Å². The number of benzene rings is 1. The molecule has 0 saturated heterocycles. The van der Waals surface area contributed by atoms with Crippen LogP contribution in [0.2, 0.25) is 0 Å². The first kappa shape index (κ1) is 10.4. The summed E-state index contributed by atoms with van der Waals surface area (Å²) in [6.45, 7) is 1.25.